The maximum Gasteiger partial charge on any atom is 0.318 e. The Balaban J connectivity index is 1.53. The highest BCUT2D eigenvalue weighted by Crippen LogP contribution is 2.46. The van der Waals surface area contributed by atoms with E-state index in [1.54, 1.807) is 17.6 Å². The summed E-state index contributed by atoms with van der Waals surface area (Å²) in [4.78, 5) is 18.5. The monoisotopic (exact) mass is 424 g/mol. The van der Waals surface area contributed by atoms with Gasteiger partial charge in [-0.2, -0.15) is 0 Å². The zero-order valence-corrected chi connectivity index (χ0v) is 18.7. The number of thiophene rings is 1. The number of rotatable bonds is 3. The molecule has 2 heterocycles. The molecule has 2 amide bonds. The van der Waals surface area contributed by atoms with Gasteiger partial charge in [-0.15, -0.1) is 11.3 Å². The lowest BCUT2D eigenvalue weighted by Gasteiger charge is -2.38. The molecule has 0 spiro atoms. The fourth-order valence-corrected chi connectivity index (χ4v) is 7.15. The molecule has 1 unspecified atom stereocenters. The average Bonchev–Trinajstić information content (AvgIpc) is 3.18. The van der Waals surface area contributed by atoms with E-state index in [-0.39, 0.29) is 12.1 Å². The minimum Gasteiger partial charge on any atom is -0.496 e. The summed E-state index contributed by atoms with van der Waals surface area (Å²) < 4.78 is 5.74. The molecule has 1 aliphatic heterocycles. The van der Waals surface area contributed by atoms with Crippen LogP contribution in [0.15, 0.2) is 24.3 Å². The molecule has 1 fully saturated rings. The molecule has 3 aliphatic rings. The summed E-state index contributed by atoms with van der Waals surface area (Å²) >= 11 is 1.95. The standard InChI is InChI=1S/C25H32N2O2S/c1-29-21-13-7-5-12-20(21)23-24-19(18-11-6-8-14-22(18)30-24)15-16-27(23)25(28)26-17-9-3-2-4-10-17/h5,7,12-13,17,23H,2-4,6,8-11,14-16H2,1H3,(H,26,28). The van der Waals surface area contributed by atoms with Gasteiger partial charge in [-0.1, -0.05) is 37.5 Å². The molecule has 1 atom stereocenters. The van der Waals surface area contributed by atoms with Crippen LogP contribution in [0.5, 0.6) is 5.75 Å². The maximum absolute atomic E-state index is 13.5. The lowest BCUT2D eigenvalue weighted by Crippen LogP contribution is -2.49. The molecule has 5 heteroatoms. The Bertz CT molecular complexity index is 916. The fraction of sp³-hybridized carbons (Fsp3) is 0.560. The number of nitrogens with one attached hydrogen (secondary N) is 1. The number of hydrogen-bond donors (Lipinski definition) is 1. The van der Waals surface area contributed by atoms with Crippen LogP contribution in [0.25, 0.3) is 0 Å². The van der Waals surface area contributed by atoms with E-state index in [9.17, 15) is 4.79 Å². The number of ether oxygens (including phenoxy) is 1. The van der Waals surface area contributed by atoms with Crippen molar-refractivity contribution in [3.8, 4) is 5.75 Å². The van der Waals surface area contributed by atoms with Gasteiger partial charge >= 0.3 is 6.03 Å². The van der Waals surface area contributed by atoms with E-state index >= 15 is 0 Å². The van der Waals surface area contributed by atoms with Crippen LogP contribution in [0.3, 0.4) is 0 Å². The summed E-state index contributed by atoms with van der Waals surface area (Å²) in [5.74, 6) is 0.872. The van der Waals surface area contributed by atoms with Crippen molar-refractivity contribution < 1.29 is 9.53 Å². The number of nitrogens with zero attached hydrogens (tertiary/aromatic N) is 1. The van der Waals surface area contributed by atoms with Crippen molar-refractivity contribution in [1.82, 2.24) is 10.2 Å². The number of urea groups is 1. The molecular weight excluding hydrogens is 392 g/mol. The topological polar surface area (TPSA) is 41.6 Å². The van der Waals surface area contributed by atoms with Crippen LogP contribution >= 0.6 is 11.3 Å². The van der Waals surface area contributed by atoms with Gasteiger partial charge < -0.3 is 15.0 Å². The number of fused-ring (bicyclic) bond motifs is 3. The highest BCUT2D eigenvalue weighted by Gasteiger charge is 2.38. The Hall–Kier alpha value is -2.01. The molecule has 1 N–H and O–H groups in total. The van der Waals surface area contributed by atoms with Crippen molar-refractivity contribution in [3.05, 3.63) is 50.7 Å². The van der Waals surface area contributed by atoms with Crippen molar-refractivity contribution in [2.24, 2.45) is 0 Å². The Kier molecular flexibility index (Phi) is 5.72. The van der Waals surface area contributed by atoms with E-state index in [0.29, 0.717) is 6.04 Å². The summed E-state index contributed by atoms with van der Waals surface area (Å²) in [6.45, 7) is 0.775. The summed E-state index contributed by atoms with van der Waals surface area (Å²) in [7, 11) is 1.73. The van der Waals surface area contributed by atoms with Crippen molar-refractivity contribution >= 4 is 17.4 Å². The third-order valence-electron chi connectivity index (χ3n) is 7.10. The van der Waals surface area contributed by atoms with Crippen LogP contribution in [0.4, 0.5) is 4.79 Å². The molecule has 1 aromatic heterocycles. The first-order valence-corrected chi connectivity index (χ1v) is 12.4. The number of methoxy groups -OCH3 is 1. The Labute approximate surface area is 183 Å². The zero-order chi connectivity index (χ0) is 20.5. The number of amides is 2. The second-order valence-electron chi connectivity index (χ2n) is 8.93. The first-order chi connectivity index (χ1) is 14.8. The summed E-state index contributed by atoms with van der Waals surface area (Å²) in [6.07, 6.45) is 11.9. The molecule has 1 saturated carbocycles. The molecule has 30 heavy (non-hydrogen) atoms. The summed E-state index contributed by atoms with van der Waals surface area (Å²) in [5.41, 5.74) is 4.22. The number of carbonyl (C=O) groups excluding carboxylic acids is 1. The number of aryl methyl sites for hydroxylation is 1. The van der Waals surface area contributed by atoms with Crippen molar-refractivity contribution in [1.29, 1.82) is 0 Å². The zero-order valence-electron chi connectivity index (χ0n) is 17.9. The van der Waals surface area contributed by atoms with E-state index in [1.165, 1.54) is 55.4 Å². The van der Waals surface area contributed by atoms with Gasteiger partial charge in [0.1, 0.15) is 5.75 Å². The predicted octanol–water partition coefficient (Wildman–Crippen LogP) is 5.63. The van der Waals surface area contributed by atoms with Crippen LogP contribution in [-0.2, 0) is 19.3 Å². The van der Waals surface area contributed by atoms with Crippen LogP contribution in [-0.4, -0.2) is 30.6 Å². The molecule has 0 saturated heterocycles. The smallest absolute Gasteiger partial charge is 0.318 e. The third-order valence-corrected chi connectivity index (χ3v) is 8.49. The number of para-hydroxylation sites is 1. The van der Waals surface area contributed by atoms with E-state index in [0.717, 1.165) is 37.1 Å². The highest BCUT2D eigenvalue weighted by molar-refractivity contribution is 7.12. The number of hydrogen-bond acceptors (Lipinski definition) is 3. The van der Waals surface area contributed by atoms with E-state index in [4.69, 9.17) is 4.74 Å². The van der Waals surface area contributed by atoms with Gasteiger partial charge in [0, 0.05) is 27.9 Å². The highest BCUT2D eigenvalue weighted by atomic mass is 32.1. The van der Waals surface area contributed by atoms with Gasteiger partial charge in [-0.25, -0.2) is 4.79 Å². The van der Waals surface area contributed by atoms with Gasteiger partial charge in [-0.3, -0.25) is 0 Å². The molecule has 2 aromatic rings. The second-order valence-corrected chi connectivity index (χ2v) is 10.1. The number of benzene rings is 1. The SMILES string of the molecule is COc1ccccc1C1c2sc3c(c2CCN1C(=O)NC1CCCCC1)CCCC3. The Morgan fingerprint density at radius 1 is 1.03 bits per heavy atom. The van der Waals surface area contributed by atoms with Gasteiger partial charge in [0.15, 0.2) is 0 Å². The van der Waals surface area contributed by atoms with Gasteiger partial charge in [-0.05, 0) is 62.1 Å². The normalized spacial score (nSPS) is 21.6. The number of carbonyl (C=O) groups is 1. The molecule has 5 rings (SSSR count). The summed E-state index contributed by atoms with van der Waals surface area (Å²) in [6, 6.07) is 8.60. The van der Waals surface area contributed by atoms with E-state index in [2.05, 4.69) is 22.3 Å². The van der Waals surface area contributed by atoms with E-state index < -0.39 is 0 Å². The van der Waals surface area contributed by atoms with Crippen molar-refractivity contribution in [3.63, 3.8) is 0 Å². The lowest BCUT2D eigenvalue weighted by atomic mass is 9.88. The quantitative estimate of drug-likeness (QED) is 0.694. The molecule has 4 nitrogen and oxygen atoms in total. The van der Waals surface area contributed by atoms with Crippen molar-refractivity contribution in [2.45, 2.75) is 76.3 Å². The van der Waals surface area contributed by atoms with Gasteiger partial charge in [0.05, 0.1) is 13.2 Å². The predicted molar refractivity (Wildman–Crippen MR) is 122 cm³/mol. The molecular formula is C25H32N2O2S. The van der Waals surface area contributed by atoms with Crippen LogP contribution < -0.4 is 10.1 Å². The summed E-state index contributed by atoms with van der Waals surface area (Å²) in [5, 5.41) is 3.37. The van der Waals surface area contributed by atoms with E-state index in [1.807, 2.05) is 23.5 Å². The van der Waals surface area contributed by atoms with Crippen LogP contribution in [0.1, 0.15) is 77.4 Å². The second kappa shape index (κ2) is 8.62. The molecule has 0 radical (unpaired) electrons. The van der Waals surface area contributed by atoms with Crippen LogP contribution in [0, 0.1) is 0 Å². The molecule has 2 aliphatic carbocycles. The van der Waals surface area contributed by atoms with Crippen molar-refractivity contribution in [2.75, 3.05) is 13.7 Å². The average molecular weight is 425 g/mol. The first-order valence-electron chi connectivity index (χ1n) is 11.6. The molecule has 0 bridgehead atoms. The lowest BCUT2D eigenvalue weighted by molar-refractivity contribution is 0.173. The Morgan fingerprint density at radius 3 is 2.67 bits per heavy atom. The third kappa shape index (κ3) is 3.62. The van der Waals surface area contributed by atoms with Gasteiger partial charge in [0.25, 0.3) is 0 Å². The van der Waals surface area contributed by atoms with Gasteiger partial charge in [0.2, 0.25) is 0 Å². The fourth-order valence-electron chi connectivity index (χ4n) is 5.58. The Morgan fingerprint density at radius 2 is 1.83 bits per heavy atom. The first kappa shape index (κ1) is 19.9. The maximum atomic E-state index is 13.5. The minimum absolute atomic E-state index is 0.0518. The molecule has 1 aromatic carbocycles. The largest absolute Gasteiger partial charge is 0.496 e. The van der Waals surface area contributed by atoms with Crippen LogP contribution in [0.2, 0.25) is 0 Å². The minimum atomic E-state index is -0.0518. The molecule has 160 valence electrons.